The molecule has 2 heterocycles. The molecule has 0 amide bonds. The van der Waals surface area contributed by atoms with E-state index in [1.165, 1.54) is 10.2 Å². The molecular formula is C22H23BN2O4S. The summed E-state index contributed by atoms with van der Waals surface area (Å²) in [5.74, 6) is 0. The van der Waals surface area contributed by atoms with Crippen LogP contribution in [-0.4, -0.2) is 30.7 Å². The van der Waals surface area contributed by atoms with E-state index in [2.05, 4.69) is 6.07 Å². The van der Waals surface area contributed by atoms with Crippen molar-refractivity contribution in [2.24, 2.45) is 0 Å². The summed E-state index contributed by atoms with van der Waals surface area (Å²) in [7, 11) is -4.54. The minimum absolute atomic E-state index is 0.163. The highest BCUT2D eigenvalue weighted by atomic mass is 32.2. The van der Waals surface area contributed by atoms with Crippen molar-refractivity contribution < 1.29 is 17.7 Å². The predicted molar refractivity (Wildman–Crippen MR) is 116 cm³/mol. The number of aryl methyl sites for hydroxylation is 1. The van der Waals surface area contributed by atoms with Crippen LogP contribution in [0.15, 0.2) is 53.6 Å². The minimum Gasteiger partial charge on any atom is -0.399 e. The van der Waals surface area contributed by atoms with Crippen molar-refractivity contribution in [3.8, 4) is 6.07 Å². The van der Waals surface area contributed by atoms with E-state index in [-0.39, 0.29) is 10.5 Å². The summed E-state index contributed by atoms with van der Waals surface area (Å²) in [6, 6.07) is 13.8. The molecule has 1 aliphatic heterocycles. The molecule has 0 bridgehead atoms. The number of nitriles is 1. The lowest BCUT2D eigenvalue weighted by molar-refractivity contribution is 0.00578. The van der Waals surface area contributed by atoms with Crippen LogP contribution in [0.4, 0.5) is 0 Å². The Morgan fingerprint density at radius 3 is 2.13 bits per heavy atom. The Morgan fingerprint density at radius 1 is 0.967 bits per heavy atom. The van der Waals surface area contributed by atoms with Crippen molar-refractivity contribution >= 4 is 33.5 Å². The molecule has 0 atom stereocenters. The SMILES string of the molecule is Cc1ccc(S(=O)(=O)n2ccc3c(B4OC(C)(C)C(C)(C)O4)ccc(C#N)c32)cc1. The molecule has 1 aromatic heterocycles. The van der Waals surface area contributed by atoms with Crippen LogP contribution in [0.1, 0.15) is 38.8 Å². The van der Waals surface area contributed by atoms with Crippen molar-refractivity contribution in [3.05, 3.63) is 59.8 Å². The monoisotopic (exact) mass is 422 g/mol. The number of aromatic nitrogens is 1. The molecule has 0 aliphatic carbocycles. The Balaban J connectivity index is 1.90. The summed E-state index contributed by atoms with van der Waals surface area (Å²) >= 11 is 0. The second-order valence-corrected chi connectivity index (χ2v) is 10.4. The average Bonchev–Trinajstić information content (AvgIpc) is 3.20. The molecule has 6 nitrogen and oxygen atoms in total. The van der Waals surface area contributed by atoms with E-state index in [0.717, 1.165) is 5.56 Å². The van der Waals surface area contributed by atoms with Crippen LogP contribution in [-0.2, 0) is 19.3 Å². The number of rotatable bonds is 3. The van der Waals surface area contributed by atoms with E-state index in [9.17, 15) is 13.7 Å². The van der Waals surface area contributed by atoms with Gasteiger partial charge in [0.1, 0.15) is 6.07 Å². The normalized spacial score (nSPS) is 17.9. The maximum Gasteiger partial charge on any atom is 0.495 e. The highest BCUT2D eigenvalue weighted by Crippen LogP contribution is 2.37. The largest absolute Gasteiger partial charge is 0.495 e. The third-order valence-electron chi connectivity index (χ3n) is 6.05. The van der Waals surface area contributed by atoms with Gasteiger partial charge >= 0.3 is 7.12 Å². The van der Waals surface area contributed by atoms with Crippen molar-refractivity contribution in [3.63, 3.8) is 0 Å². The zero-order valence-corrected chi connectivity index (χ0v) is 18.4. The van der Waals surface area contributed by atoms with Crippen molar-refractivity contribution in [1.29, 1.82) is 5.26 Å². The molecule has 0 unspecified atom stereocenters. The Bertz CT molecular complexity index is 1270. The highest BCUT2D eigenvalue weighted by Gasteiger charge is 2.52. The summed E-state index contributed by atoms with van der Waals surface area (Å²) in [5.41, 5.74) is 1.19. The van der Waals surface area contributed by atoms with E-state index >= 15 is 0 Å². The number of hydrogen-bond donors (Lipinski definition) is 0. The lowest BCUT2D eigenvalue weighted by Crippen LogP contribution is -2.41. The van der Waals surface area contributed by atoms with Gasteiger partial charge in [-0.15, -0.1) is 0 Å². The molecule has 1 aliphatic rings. The molecule has 2 aromatic carbocycles. The van der Waals surface area contributed by atoms with Gasteiger partial charge in [0.25, 0.3) is 10.0 Å². The fourth-order valence-electron chi connectivity index (χ4n) is 3.54. The van der Waals surface area contributed by atoms with Crippen molar-refractivity contribution in [1.82, 2.24) is 3.97 Å². The third kappa shape index (κ3) is 3.05. The van der Waals surface area contributed by atoms with Gasteiger partial charge in [-0.1, -0.05) is 23.8 Å². The second kappa shape index (κ2) is 6.71. The third-order valence-corrected chi connectivity index (χ3v) is 7.74. The topological polar surface area (TPSA) is 81.3 Å². The van der Waals surface area contributed by atoms with Crippen molar-refractivity contribution in [2.75, 3.05) is 0 Å². The molecule has 1 fully saturated rings. The van der Waals surface area contributed by atoms with E-state index in [0.29, 0.717) is 16.4 Å². The van der Waals surface area contributed by atoms with Gasteiger partial charge in [-0.2, -0.15) is 5.26 Å². The standard InChI is InChI=1S/C22H23BN2O4S/c1-15-6-9-17(10-7-15)30(26,27)25-13-12-18-19(11-8-16(14-24)20(18)25)23-28-21(2,3)22(4,5)29-23/h6-13H,1-5H3. The molecule has 0 radical (unpaired) electrons. The Kier molecular flexibility index (Phi) is 4.62. The minimum atomic E-state index is -3.87. The maximum absolute atomic E-state index is 13.3. The van der Waals surface area contributed by atoms with Gasteiger partial charge in [0.05, 0.1) is 27.2 Å². The summed E-state index contributed by atoms with van der Waals surface area (Å²) in [5, 5.41) is 10.3. The van der Waals surface area contributed by atoms with E-state index in [1.54, 1.807) is 42.5 Å². The van der Waals surface area contributed by atoms with E-state index < -0.39 is 28.3 Å². The highest BCUT2D eigenvalue weighted by molar-refractivity contribution is 7.90. The lowest BCUT2D eigenvalue weighted by atomic mass is 9.76. The molecule has 30 heavy (non-hydrogen) atoms. The van der Waals surface area contributed by atoms with Crippen LogP contribution in [0.25, 0.3) is 10.9 Å². The van der Waals surface area contributed by atoms with Gasteiger partial charge in [0, 0.05) is 11.6 Å². The first-order chi connectivity index (χ1) is 14.0. The van der Waals surface area contributed by atoms with Gasteiger partial charge in [-0.25, -0.2) is 12.4 Å². The molecular weight excluding hydrogens is 399 g/mol. The smallest absolute Gasteiger partial charge is 0.399 e. The predicted octanol–water partition coefficient (Wildman–Crippen LogP) is 3.36. The number of fused-ring (bicyclic) bond motifs is 1. The zero-order valence-electron chi connectivity index (χ0n) is 17.6. The first-order valence-electron chi connectivity index (χ1n) is 9.70. The Labute approximate surface area is 177 Å². The van der Waals surface area contributed by atoms with Crippen LogP contribution in [0.3, 0.4) is 0 Å². The summed E-state index contributed by atoms with van der Waals surface area (Å²) in [4.78, 5) is 0.163. The Hall–Kier alpha value is -2.60. The molecule has 1 saturated heterocycles. The number of hydrogen-bond acceptors (Lipinski definition) is 5. The van der Waals surface area contributed by atoms with Gasteiger partial charge < -0.3 is 9.31 Å². The van der Waals surface area contributed by atoms with Gasteiger partial charge in [-0.3, -0.25) is 0 Å². The van der Waals surface area contributed by atoms with Crippen LogP contribution >= 0.6 is 0 Å². The van der Waals surface area contributed by atoms with Crippen LogP contribution in [0.5, 0.6) is 0 Å². The first-order valence-corrected chi connectivity index (χ1v) is 11.1. The molecule has 8 heteroatoms. The summed E-state index contributed by atoms with van der Waals surface area (Å²) in [6.45, 7) is 9.73. The number of benzene rings is 2. The fraction of sp³-hybridized carbons (Fsp3) is 0.318. The van der Waals surface area contributed by atoms with E-state index in [4.69, 9.17) is 9.31 Å². The van der Waals surface area contributed by atoms with Crippen LogP contribution in [0.2, 0.25) is 0 Å². The van der Waals surface area contributed by atoms with Crippen LogP contribution < -0.4 is 5.46 Å². The molecule has 154 valence electrons. The molecule has 0 N–H and O–H groups in total. The molecule has 0 saturated carbocycles. The summed E-state index contributed by atoms with van der Waals surface area (Å²) < 4.78 is 40.1. The summed E-state index contributed by atoms with van der Waals surface area (Å²) in [6.07, 6.45) is 1.48. The van der Waals surface area contributed by atoms with Crippen molar-refractivity contribution in [2.45, 2.75) is 50.7 Å². The molecule has 3 aromatic rings. The maximum atomic E-state index is 13.3. The molecule has 4 rings (SSSR count). The zero-order chi connectivity index (χ0) is 21.9. The number of nitrogens with zero attached hydrogens (tertiary/aromatic N) is 2. The average molecular weight is 422 g/mol. The van der Waals surface area contributed by atoms with E-state index in [1.807, 2.05) is 34.6 Å². The van der Waals surface area contributed by atoms with Gasteiger partial charge in [0.15, 0.2) is 0 Å². The second-order valence-electron chi connectivity index (χ2n) is 8.59. The quantitative estimate of drug-likeness (QED) is 0.605. The fourth-order valence-corrected chi connectivity index (χ4v) is 4.91. The first kappa shape index (κ1) is 20.7. The lowest BCUT2D eigenvalue weighted by Gasteiger charge is -2.32. The molecule has 0 spiro atoms. The Morgan fingerprint density at radius 2 is 1.57 bits per heavy atom. The van der Waals surface area contributed by atoms with Gasteiger partial charge in [-0.05, 0) is 64.3 Å². The van der Waals surface area contributed by atoms with Crippen LogP contribution in [0, 0.1) is 18.3 Å². The van der Waals surface area contributed by atoms with Gasteiger partial charge in [0.2, 0.25) is 0 Å².